The van der Waals surface area contributed by atoms with Gasteiger partial charge in [0.25, 0.3) is 0 Å². The Morgan fingerprint density at radius 1 is 0.400 bits per heavy atom. The summed E-state index contributed by atoms with van der Waals surface area (Å²) in [6.45, 7) is 0. The average Bonchev–Trinajstić information content (AvgIpc) is 3.80. The first-order valence-electron chi connectivity index (χ1n) is 18.7. The van der Waals surface area contributed by atoms with E-state index in [0.29, 0.717) is 17.5 Å². The summed E-state index contributed by atoms with van der Waals surface area (Å²) in [5.41, 5.74) is 15.9. The molecule has 3 aromatic heterocycles. The molecule has 0 aliphatic rings. The summed E-state index contributed by atoms with van der Waals surface area (Å²) in [5.74, 6) is 1.86. The van der Waals surface area contributed by atoms with E-state index in [0.717, 1.165) is 44.2 Å². The normalized spacial score (nSPS) is 11.6. The number of thiophene rings is 1. The van der Waals surface area contributed by atoms with Crippen molar-refractivity contribution in [1.82, 2.24) is 15.0 Å². The molecule has 4 nitrogen and oxygen atoms in total. The second-order valence-corrected chi connectivity index (χ2v) is 15.6. The van der Waals surface area contributed by atoms with Crippen molar-refractivity contribution in [3.63, 3.8) is 0 Å². The molecule has 3 heterocycles. The van der Waals surface area contributed by atoms with Gasteiger partial charge >= 0.3 is 0 Å². The average molecular weight is 717 g/mol. The highest BCUT2D eigenvalue weighted by molar-refractivity contribution is 7.26. The summed E-state index contributed by atoms with van der Waals surface area (Å²) in [7, 11) is 11.1. The molecule has 0 aliphatic heterocycles. The van der Waals surface area contributed by atoms with Gasteiger partial charge in [0.2, 0.25) is 0 Å². The zero-order valence-electron chi connectivity index (χ0n) is 31.4. The van der Waals surface area contributed by atoms with Crippen LogP contribution in [0.3, 0.4) is 0 Å². The van der Waals surface area contributed by atoms with Crippen LogP contribution >= 0.6 is 11.3 Å². The van der Waals surface area contributed by atoms with Crippen LogP contribution in [-0.4, -0.2) is 54.2 Å². The third-order valence-electron chi connectivity index (χ3n) is 11.5. The number of rotatable bonds is 5. The molecule has 0 saturated carbocycles. The fourth-order valence-electron chi connectivity index (χ4n) is 8.16. The molecule has 0 bridgehead atoms. The van der Waals surface area contributed by atoms with Crippen molar-refractivity contribution in [3.05, 3.63) is 133 Å². The molecular formula is C45H32B5N3OS. The van der Waals surface area contributed by atoms with Crippen molar-refractivity contribution in [2.24, 2.45) is 0 Å². The van der Waals surface area contributed by atoms with Gasteiger partial charge < -0.3 is 4.42 Å². The molecule has 0 radical (unpaired) electrons. The van der Waals surface area contributed by atoms with Gasteiger partial charge in [0.15, 0.2) is 17.5 Å². The van der Waals surface area contributed by atoms with Gasteiger partial charge in [0.05, 0.1) is 0 Å². The highest BCUT2D eigenvalue weighted by Crippen LogP contribution is 2.41. The first kappa shape index (κ1) is 33.5. The van der Waals surface area contributed by atoms with E-state index in [9.17, 15) is 0 Å². The highest BCUT2D eigenvalue weighted by atomic mass is 32.1. The van der Waals surface area contributed by atoms with Crippen molar-refractivity contribution < 1.29 is 4.42 Å². The molecule has 0 fully saturated rings. The smallest absolute Gasteiger partial charge is 0.164 e. The molecule has 10 aromatic rings. The van der Waals surface area contributed by atoms with Gasteiger partial charge in [-0.25, -0.2) is 15.0 Å². The van der Waals surface area contributed by atoms with Gasteiger partial charge in [-0.3, -0.25) is 0 Å². The van der Waals surface area contributed by atoms with Gasteiger partial charge in [-0.15, -0.1) is 27.7 Å². The SMILES string of the molecule is Bc1c(B)c(B)c(-c2cccc(-c3nc(-c4ccccc4)nc(-c4ccc5c(c4)oc4ccc(-c6cccc7c6sc6ccccc67)cc45)n3)c2)c(B)c1B. The van der Waals surface area contributed by atoms with E-state index in [4.69, 9.17) is 19.4 Å². The fourth-order valence-corrected chi connectivity index (χ4v) is 9.39. The number of benzene rings is 7. The van der Waals surface area contributed by atoms with Gasteiger partial charge in [0, 0.05) is 47.6 Å². The molecule has 0 spiro atoms. The lowest BCUT2D eigenvalue weighted by molar-refractivity contribution is 0.669. The van der Waals surface area contributed by atoms with Gasteiger partial charge in [-0.2, -0.15) is 0 Å². The fraction of sp³-hybridized carbons (Fsp3) is 0. The van der Waals surface area contributed by atoms with Crippen molar-refractivity contribution in [1.29, 1.82) is 0 Å². The Morgan fingerprint density at radius 2 is 1.00 bits per heavy atom. The van der Waals surface area contributed by atoms with Crippen LogP contribution in [0.25, 0.3) is 98.5 Å². The van der Waals surface area contributed by atoms with Crippen LogP contribution < -0.4 is 27.3 Å². The lowest BCUT2D eigenvalue weighted by atomic mass is 9.59. The Kier molecular flexibility index (Phi) is 7.93. The predicted octanol–water partition coefficient (Wildman–Crippen LogP) is 3.77. The third-order valence-corrected chi connectivity index (χ3v) is 12.7. The Balaban J connectivity index is 1.09. The lowest BCUT2D eigenvalue weighted by Gasteiger charge is -2.20. The zero-order chi connectivity index (χ0) is 37.4. The van der Waals surface area contributed by atoms with Crippen LogP contribution in [0.1, 0.15) is 0 Å². The van der Waals surface area contributed by atoms with E-state index in [1.165, 1.54) is 64.2 Å². The lowest BCUT2D eigenvalue weighted by Crippen LogP contribution is -2.55. The van der Waals surface area contributed by atoms with Crippen molar-refractivity contribution in [2.45, 2.75) is 0 Å². The number of hydrogen-bond acceptors (Lipinski definition) is 5. The zero-order valence-corrected chi connectivity index (χ0v) is 32.2. The van der Waals surface area contributed by atoms with Crippen molar-refractivity contribution >= 4 is 120 Å². The molecule has 0 aliphatic carbocycles. The Bertz CT molecular complexity index is 3150. The van der Waals surface area contributed by atoms with Crippen LogP contribution in [0.15, 0.2) is 138 Å². The first-order chi connectivity index (χ1) is 26.8. The Hall–Kier alpha value is -6.11. The molecular weight excluding hydrogens is 685 g/mol. The standard InChI is InChI=1S/C45H32B5N3OS/c46-37-36(38(47)40(49)41(50)39(37)48)25-10-6-11-26(20-25)44-51-43(23-8-2-1-3-9-23)52-45(53-44)27-16-18-29-32-21-24(17-19-33(32)54-34(29)22-27)28-13-7-14-31-30-12-4-5-15-35(30)55-42(28)31/h1-22H,46-50H2. The van der Waals surface area contributed by atoms with Crippen molar-refractivity contribution in [3.8, 4) is 56.4 Å². The molecule has 55 heavy (non-hydrogen) atoms. The number of fused-ring (bicyclic) bond motifs is 6. The summed E-state index contributed by atoms with van der Waals surface area (Å²) in [4.78, 5) is 15.2. The van der Waals surface area contributed by atoms with Gasteiger partial charge in [-0.1, -0.05) is 108 Å². The number of furan rings is 1. The van der Waals surface area contributed by atoms with E-state index in [-0.39, 0.29) is 0 Å². The second-order valence-electron chi connectivity index (χ2n) is 14.6. The van der Waals surface area contributed by atoms with E-state index in [2.05, 4.69) is 142 Å². The Labute approximate surface area is 327 Å². The molecule has 10 heteroatoms. The summed E-state index contributed by atoms with van der Waals surface area (Å²) in [5, 5.41) is 4.74. The van der Waals surface area contributed by atoms with E-state index in [1.807, 2.05) is 41.7 Å². The van der Waals surface area contributed by atoms with Gasteiger partial charge in [0.1, 0.15) is 50.4 Å². The maximum absolute atomic E-state index is 6.52. The molecule has 7 aromatic carbocycles. The minimum Gasteiger partial charge on any atom is -0.456 e. The molecule has 0 unspecified atom stereocenters. The molecule has 0 N–H and O–H groups in total. The van der Waals surface area contributed by atoms with Crippen molar-refractivity contribution in [2.75, 3.05) is 0 Å². The second kappa shape index (κ2) is 13.0. The van der Waals surface area contributed by atoms with E-state index >= 15 is 0 Å². The molecule has 254 valence electrons. The quantitative estimate of drug-likeness (QED) is 0.255. The van der Waals surface area contributed by atoms with Gasteiger partial charge in [-0.05, 0) is 58.7 Å². The van der Waals surface area contributed by atoms with Crippen LogP contribution in [0, 0.1) is 0 Å². The maximum Gasteiger partial charge on any atom is 0.164 e. The molecule has 0 amide bonds. The monoisotopic (exact) mass is 717 g/mol. The first-order valence-corrected chi connectivity index (χ1v) is 19.5. The Morgan fingerprint density at radius 3 is 1.78 bits per heavy atom. The van der Waals surface area contributed by atoms with Crippen LogP contribution in [-0.2, 0) is 0 Å². The summed E-state index contributed by atoms with van der Waals surface area (Å²) >= 11 is 1.85. The predicted molar refractivity (Wildman–Crippen MR) is 248 cm³/mol. The molecule has 10 rings (SSSR count). The topological polar surface area (TPSA) is 51.8 Å². The minimum absolute atomic E-state index is 0.600. The van der Waals surface area contributed by atoms with Crippen LogP contribution in [0.5, 0.6) is 0 Å². The largest absolute Gasteiger partial charge is 0.456 e. The van der Waals surface area contributed by atoms with Crippen LogP contribution in [0.2, 0.25) is 0 Å². The van der Waals surface area contributed by atoms with Crippen LogP contribution in [0.4, 0.5) is 0 Å². The summed E-state index contributed by atoms with van der Waals surface area (Å²) in [6, 6.07) is 46.9. The molecule has 0 saturated heterocycles. The summed E-state index contributed by atoms with van der Waals surface area (Å²) in [6.07, 6.45) is 0. The number of hydrogen-bond donors (Lipinski definition) is 0. The van der Waals surface area contributed by atoms with E-state index < -0.39 is 0 Å². The van der Waals surface area contributed by atoms with E-state index in [1.54, 1.807) is 0 Å². The highest BCUT2D eigenvalue weighted by Gasteiger charge is 2.18. The number of aromatic nitrogens is 3. The molecule has 0 atom stereocenters. The number of nitrogens with zero attached hydrogens (tertiary/aromatic N) is 3. The minimum atomic E-state index is 0.600. The maximum atomic E-state index is 6.52. The third kappa shape index (κ3) is 5.54. The summed E-state index contributed by atoms with van der Waals surface area (Å²) < 4.78 is 9.12.